The number of nitrogens with one attached hydrogen (secondary N) is 2. The topological polar surface area (TPSA) is 101 Å². The van der Waals surface area contributed by atoms with Crippen molar-refractivity contribution in [3.05, 3.63) is 75.8 Å². The highest BCUT2D eigenvalue weighted by Gasteiger charge is 2.12. The molecule has 0 bridgehead atoms. The number of non-ortho nitro benzene ring substituents is 1. The molecule has 0 aliphatic carbocycles. The van der Waals surface area contributed by atoms with Crippen molar-refractivity contribution in [3.8, 4) is 11.8 Å². The average molecular weight is 337 g/mol. The van der Waals surface area contributed by atoms with Gasteiger partial charge in [0.05, 0.1) is 18.0 Å². The Labute approximate surface area is 144 Å². The molecule has 0 aromatic heterocycles. The predicted octanol–water partition coefficient (Wildman–Crippen LogP) is 1.49. The second kappa shape index (κ2) is 8.84. The molecule has 0 spiro atoms. The number of nitro benzene ring substituents is 1. The van der Waals surface area contributed by atoms with Gasteiger partial charge in [-0.3, -0.25) is 19.7 Å². The first kappa shape index (κ1) is 17.7. The summed E-state index contributed by atoms with van der Waals surface area (Å²) in [5, 5.41) is 15.6. The molecule has 0 saturated carbocycles. The Morgan fingerprint density at radius 2 is 1.80 bits per heavy atom. The van der Waals surface area contributed by atoms with Crippen LogP contribution in [0.3, 0.4) is 0 Å². The maximum absolute atomic E-state index is 11.9. The van der Waals surface area contributed by atoms with E-state index >= 15 is 0 Å². The Bertz CT molecular complexity index is 838. The summed E-state index contributed by atoms with van der Waals surface area (Å²) in [5.74, 6) is 4.73. The summed E-state index contributed by atoms with van der Waals surface area (Å²) in [6, 6.07) is 14.6. The lowest BCUT2D eigenvalue weighted by atomic mass is 10.2. The first-order chi connectivity index (χ1) is 12.1. The third-order valence-corrected chi connectivity index (χ3v) is 3.11. The van der Waals surface area contributed by atoms with Gasteiger partial charge in [0, 0.05) is 23.3 Å². The van der Waals surface area contributed by atoms with E-state index in [1.165, 1.54) is 18.2 Å². The molecule has 126 valence electrons. The van der Waals surface area contributed by atoms with Crippen molar-refractivity contribution in [2.24, 2.45) is 0 Å². The number of carbonyl (C=O) groups is 2. The van der Waals surface area contributed by atoms with E-state index in [4.69, 9.17) is 0 Å². The quantitative estimate of drug-likeness (QED) is 0.490. The number of benzene rings is 2. The van der Waals surface area contributed by atoms with Crippen LogP contribution in [-0.4, -0.2) is 29.8 Å². The van der Waals surface area contributed by atoms with Crippen LogP contribution in [0.4, 0.5) is 5.69 Å². The van der Waals surface area contributed by atoms with E-state index in [0.29, 0.717) is 0 Å². The highest BCUT2D eigenvalue weighted by Crippen LogP contribution is 2.12. The molecule has 0 aliphatic rings. The van der Waals surface area contributed by atoms with Gasteiger partial charge in [-0.25, -0.2) is 0 Å². The second-order valence-corrected chi connectivity index (χ2v) is 4.93. The van der Waals surface area contributed by atoms with E-state index in [0.717, 1.165) is 11.6 Å². The third kappa shape index (κ3) is 5.80. The molecular formula is C18H15N3O4. The molecule has 7 heteroatoms. The monoisotopic (exact) mass is 337 g/mol. The number of rotatable bonds is 5. The predicted molar refractivity (Wildman–Crippen MR) is 91.8 cm³/mol. The van der Waals surface area contributed by atoms with Crippen LogP contribution in [0.25, 0.3) is 0 Å². The zero-order valence-corrected chi connectivity index (χ0v) is 13.2. The second-order valence-electron chi connectivity index (χ2n) is 4.93. The fourth-order valence-corrected chi connectivity index (χ4v) is 1.90. The van der Waals surface area contributed by atoms with Crippen molar-refractivity contribution in [2.75, 3.05) is 13.1 Å². The fraction of sp³-hybridized carbons (Fsp3) is 0.111. The lowest BCUT2D eigenvalue weighted by molar-refractivity contribution is -0.384. The number of hydrogen-bond acceptors (Lipinski definition) is 4. The summed E-state index contributed by atoms with van der Waals surface area (Å²) in [6.07, 6.45) is 0. The van der Waals surface area contributed by atoms with E-state index in [9.17, 15) is 19.7 Å². The molecule has 2 amide bonds. The first-order valence-electron chi connectivity index (χ1n) is 7.39. The average Bonchev–Trinajstić information content (AvgIpc) is 2.64. The smallest absolute Gasteiger partial charge is 0.270 e. The lowest BCUT2D eigenvalue weighted by Crippen LogP contribution is -2.37. The summed E-state index contributed by atoms with van der Waals surface area (Å²) < 4.78 is 0. The molecule has 0 aliphatic heterocycles. The molecule has 25 heavy (non-hydrogen) atoms. The van der Waals surface area contributed by atoms with Crippen LogP contribution in [0.2, 0.25) is 0 Å². The first-order valence-corrected chi connectivity index (χ1v) is 7.39. The van der Waals surface area contributed by atoms with Crippen LogP contribution in [0.15, 0.2) is 54.6 Å². The van der Waals surface area contributed by atoms with Gasteiger partial charge in [-0.05, 0) is 18.2 Å². The molecule has 0 atom stereocenters. The summed E-state index contributed by atoms with van der Waals surface area (Å²) >= 11 is 0. The van der Waals surface area contributed by atoms with Gasteiger partial charge in [0.25, 0.3) is 11.6 Å². The minimum absolute atomic E-state index is 0.117. The number of nitrogens with zero attached hydrogens (tertiary/aromatic N) is 1. The maximum atomic E-state index is 11.9. The normalized spacial score (nSPS) is 9.44. The van der Waals surface area contributed by atoms with Crippen molar-refractivity contribution in [3.63, 3.8) is 0 Å². The standard InChI is InChI=1S/C18H15N3O4/c22-17(19-11-5-8-14-6-2-1-3-7-14)13-20-18(23)15-9-4-10-16(12-15)21(24)25/h1-4,6-7,9-10,12H,11,13H2,(H,19,22)(H,20,23). The van der Waals surface area contributed by atoms with Gasteiger partial charge in [0.2, 0.25) is 5.91 Å². The van der Waals surface area contributed by atoms with Crippen LogP contribution in [-0.2, 0) is 4.79 Å². The Balaban J connectivity index is 1.78. The van der Waals surface area contributed by atoms with Gasteiger partial charge in [0.1, 0.15) is 0 Å². The van der Waals surface area contributed by atoms with Gasteiger partial charge < -0.3 is 10.6 Å². The Hall–Kier alpha value is -3.66. The van der Waals surface area contributed by atoms with Crippen molar-refractivity contribution in [1.29, 1.82) is 0 Å². The Morgan fingerprint density at radius 3 is 2.52 bits per heavy atom. The van der Waals surface area contributed by atoms with Gasteiger partial charge in [0.15, 0.2) is 0 Å². The Morgan fingerprint density at radius 1 is 1.04 bits per heavy atom. The molecule has 2 aromatic rings. The summed E-state index contributed by atoms with van der Waals surface area (Å²) in [7, 11) is 0. The van der Waals surface area contributed by atoms with Crippen molar-refractivity contribution < 1.29 is 14.5 Å². The maximum Gasteiger partial charge on any atom is 0.270 e. The summed E-state index contributed by atoms with van der Waals surface area (Å²) in [5.41, 5.74) is 0.773. The molecule has 2 rings (SSSR count). The van der Waals surface area contributed by atoms with Crippen LogP contribution >= 0.6 is 0 Å². The lowest BCUT2D eigenvalue weighted by Gasteiger charge is -2.05. The van der Waals surface area contributed by atoms with E-state index in [-0.39, 0.29) is 24.3 Å². The number of carbonyl (C=O) groups excluding carboxylic acids is 2. The number of amides is 2. The minimum atomic E-state index is -0.588. The molecule has 0 saturated heterocycles. The van der Waals surface area contributed by atoms with Crippen molar-refractivity contribution in [1.82, 2.24) is 10.6 Å². The minimum Gasteiger partial charge on any atom is -0.344 e. The SMILES string of the molecule is O=C(CNC(=O)c1cccc([N+](=O)[O-])c1)NCC#Cc1ccccc1. The molecule has 0 radical (unpaired) electrons. The van der Waals surface area contributed by atoms with Crippen LogP contribution in [0.1, 0.15) is 15.9 Å². The number of hydrogen-bond donors (Lipinski definition) is 2. The fourth-order valence-electron chi connectivity index (χ4n) is 1.90. The van der Waals surface area contributed by atoms with Gasteiger partial charge >= 0.3 is 0 Å². The van der Waals surface area contributed by atoms with Crippen molar-refractivity contribution in [2.45, 2.75) is 0 Å². The molecule has 0 fully saturated rings. The van der Waals surface area contributed by atoms with Crippen LogP contribution < -0.4 is 10.6 Å². The Kier molecular flexibility index (Phi) is 6.25. The molecular weight excluding hydrogens is 322 g/mol. The molecule has 0 heterocycles. The molecule has 0 unspecified atom stereocenters. The van der Waals surface area contributed by atoms with E-state index in [1.807, 2.05) is 30.3 Å². The van der Waals surface area contributed by atoms with Gasteiger partial charge in [-0.15, -0.1) is 0 Å². The summed E-state index contributed by atoms with van der Waals surface area (Å²) in [4.78, 5) is 33.7. The molecule has 2 aromatic carbocycles. The van der Waals surface area contributed by atoms with Gasteiger partial charge in [-0.2, -0.15) is 0 Å². The highest BCUT2D eigenvalue weighted by molar-refractivity contribution is 5.96. The zero-order valence-electron chi connectivity index (χ0n) is 13.2. The highest BCUT2D eigenvalue weighted by atomic mass is 16.6. The molecule has 7 nitrogen and oxygen atoms in total. The van der Waals surface area contributed by atoms with Crippen LogP contribution in [0.5, 0.6) is 0 Å². The van der Waals surface area contributed by atoms with Gasteiger partial charge in [-0.1, -0.05) is 36.1 Å². The van der Waals surface area contributed by atoms with E-state index in [2.05, 4.69) is 22.5 Å². The van der Waals surface area contributed by atoms with E-state index < -0.39 is 16.7 Å². The van der Waals surface area contributed by atoms with E-state index in [1.54, 1.807) is 0 Å². The third-order valence-electron chi connectivity index (χ3n) is 3.11. The largest absolute Gasteiger partial charge is 0.344 e. The number of nitro groups is 1. The zero-order chi connectivity index (χ0) is 18.1. The molecule has 2 N–H and O–H groups in total. The summed E-state index contributed by atoms with van der Waals surface area (Å²) in [6.45, 7) is -0.0883. The van der Waals surface area contributed by atoms with Crippen LogP contribution in [0, 0.1) is 22.0 Å². The van der Waals surface area contributed by atoms with Crippen molar-refractivity contribution >= 4 is 17.5 Å².